The first-order chi connectivity index (χ1) is 18.5. The first kappa shape index (κ1) is 26.8. The third kappa shape index (κ3) is 6.61. The molecule has 2 aromatic heterocycles. The number of benzene rings is 2. The van der Waals surface area contributed by atoms with Crippen LogP contribution in [0.4, 0.5) is 0 Å². The fourth-order valence-corrected chi connectivity index (χ4v) is 7.63. The predicted molar refractivity (Wildman–Crippen MR) is 154 cm³/mol. The van der Waals surface area contributed by atoms with Crippen molar-refractivity contribution < 1.29 is 8.42 Å². The van der Waals surface area contributed by atoms with Gasteiger partial charge in [0.05, 0.1) is 5.69 Å². The van der Waals surface area contributed by atoms with E-state index in [-0.39, 0.29) is 6.04 Å². The van der Waals surface area contributed by atoms with Crippen molar-refractivity contribution in [1.82, 2.24) is 19.4 Å². The Labute approximate surface area is 230 Å². The molecule has 1 N–H and O–H groups in total. The van der Waals surface area contributed by atoms with Crippen LogP contribution in [0.15, 0.2) is 88.5 Å². The Hall–Kier alpha value is -2.78. The number of hydrogen-bond donors (Lipinski definition) is 1. The Morgan fingerprint density at radius 1 is 1.00 bits per heavy atom. The molecule has 1 aliphatic rings. The minimum atomic E-state index is -3.55. The van der Waals surface area contributed by atoms with E-state index in [1.54, 1.807) is 17.5 Å². The molecule has 1 saturated heterocycles. The van der Waals surface area contributed by atoms with E-state index in [0.717, 1.165) is 63.1 Å². The number of aromatic nitrogens is 2. The Bertz CT molecular complexity index is 1380. The lowest BCUT2D eigenvalue weighted by molar-refractivity contribution is 0.201. The maximum atomic E-state index is 13.0. The van der Waals surface area contributed by atoms with Gasteiger partial charge in [0.15, 0.2) is 0 Å². The minimum absolute atomic E-state index is 0.261. The third-order valence-corrected chi connectivity index (χ3v) is 10.3. The predicted octanol–water partition coefficient (Wildman–Crippen LogP) is 5.84. The maximum absolute atomic E-state index is 13.0. The number of nitrogens with one attached hydrogen (secondary N) is 1. The summed E-state index contributed by atoms with van der Waals surface area (Å²) in [6.45, 7) is 5.91. The molecule has 0 aliphatic carbocycles. The molecule has 0 amide bonds. The van der Waals surface area contributed by atoms with Gasteiger partial charge >= 0.3 is 0 Å². The van der Waals surface area contributed by atoms with Crippen LogP contribution in [0.3, 0.4) is 0 Å². The molecule has 8 heteroatoms. The molecule has 38 heavy (non-hydrogen) atoms. The van der Waals surface area contributed by atoms with Gasteiger partial charge in [-0.3, -0.25) is 4.68 Å². The fraction of sp³-hybridized carbons (Fsp3) is 0.367. The quantitative estimate of drug-likeness (QED) is 0.256. The molecule has 0 bridgehead atoms. The van der Waals surface area contributed by atoms with Gasteiger partial charge in [-0.2, -0.15) is 5.10 Å². The van der Waals surface area contributed by atoms with Crippen molar-refractivity contribution in [2.45, 2.75) is 55.3 Å². The van der Waals surface area contributed by atoms with Crippen molar-refractivity contribution in [3.05, 3.63) is 107 Å². The molecule has 0 unspecified atom stereocenters. The Balaban J connectivity index is 1.20. The zero-order valence-electron chi connectivity index (χ0n) is 21.9. The van der Waals surface area contributed by atoms with Crippen LogP contribution in [0, 0.1) is 0 Å². The molecule has 3 heterocycles. The Morgan fingerprint density at radius 2 is 1.71 bits per heavy atom. The van der Waals surface area contributed by atoms with E-state index >= 15 is 0 Å². The number of rotatable bonds is 11. The zero-order chi connectivity index (χ0) is 26.4. The topological polar surface area (TPSA) is 67.2 Å². The summed E-state index contributed by atoms with van der Waals surface area (Å²) in [5.74, 6) is 0.505. The van der Waals surface area contributed by atoms with Crippen LogP contribution in [-0.2, 0) is 23.0 Å². The average Bonchev–Trinajstić information content (AvgIpc) is 3.64. The van der Waals surface area contributed by atoms with E-state index in [0.29, 0.717) is 10.1 Å². The molecule has 4 aromatic rings. The summed E-state index contributed by atoms with van der Waals surface area (Å²) in [5, 5.41) is 6.70. The molecule has 1 aliphatic heterocycles. The second-order valence-corrected chi connectivity index (χ2v) is 12.8. The summed E-state index contributed by atoms with van der Waals surface area (Å²) in [7, 11) is -3.55. The molecule has 6 nitrogen and oxygen atoms in total. The van der Waals surface area contributed by atoms with Crippen LogP contribution in [0.2, 0.25) is 0 Å². The lowest BCUT2D eigenvalue weighted by Gasteiger charge is -2.33. The summed E-state index contributed by atoms with van der Waals surface area (Å²) in [6, 6.07) is 25.9. The maximum Gasteiger partial charge on any atom is 0.250 e. The molecule has 5 rings (SSSR count). The molecule has 0 radical (unpaired) electrons. The first-order valence-electron chi connectivity index (χ1n) is 13.5. The normalized spacial score (nSPS) is 16.0. The number of piperidine rings is 1. The average molecular weight is 549 g/mol. The molecule has 2 aromatic carbocycles. The standard InChI is InChI=1S/C30H36N4O2S2/c1-2-34-29(23-27(31-34)22-24-10-5-3-6-11-24)26-15-18-33(19-16-26)20-17-28(25-12-7-4-8-13-25)32-38(35,36)30-14-9-21-37-30/h3-14,21,23,26,28,32H,2,15-20,22H2,1H3/t28-/m0/s1. The summed E-state index contributed by atoms with van der Waals surface area (Å²) in [4.78, 5) is 2.48. The molecule has 1 atom stereocenters. The van der Waals surface area contributed by atoms with Gasteiger partial charge in [0.1, 0.15) is 4.21 Å². The van der Waals surface area contributed by atoms with Crippen LogP contribution in [0.5, 0.6) is 0 Å². The zero-order valence-corrected chi connectivity index (χ0v) is 23.5. The van der Waals surface area contributed by atoms with E-state index in [1.165, 1.54) is 22.6 Å². The van der Waals surface area contributed by atoms with Gasteiger partial charge in [0.25, 0.3) is 10.0 Å². The van der Waals surface area contributed by atoms with Crippen molar-refractivity contribution >= 4 is 21.4 Å². The van der Waals surface area contributed by atoms with Crippen LogP contribution >= 0.6 is 11.3 Å². The van der Waals surface area contributed by atoms with Crippen LogP contribution in [-0.4, -0.2) is 42.7 Å². The van der Waals surface area contributed by atoms with Gasteiger partial charge in [-0.25, -0.2) is 13.1 Å². The Kier molecular flexibility index (Phi) is 8.74. The highest BCUT2D eigenvalue weighted by molar-refractivity contribution is 7.91. The summed E-state index contributed by atoms with van der Waals surface area (Å²) < 4.78 is 31.5. The van der Waals surface area contributed by atoms with Gasteiger partial charge in [-0.05, 0) is 74.5 Å². The number of aryl methyl sites for hydroxylation is 1. The highest BCUT2D eigenvalue weighted by atomic mass is 32.2. The first-order valence-corrected chi connectivity index (χ1v) is 15.8. The number of hydrogen-bond acceptors (Lipinski definition) is 5. The van der Waals surface area contributed by atoms with Crippen molar-refractivity contribution in [2.75, 3.05) is 19.6 Å². The fourth-order valence-electron chi connectivity index (χ4n) is 5.36. The van der Waals surface area contributed by atoms with Crippen LogP contribution in [0.1, 0.15) is 60.7 Å². The highest BCUT2D eigenvalue weighted by Gasteiger charge is 2.26. The summed E-state index contributed by atoms with van der Waals surface area (Å²) >= 11 is 1.25. The van der Waals surface area contributed by atoms with Gasteiger partial charge in [-0.15, -0.1) is 11.3 Å². The number of nitrogens with zero attached hydrogens (tertiary/aromatic N) is 3. The van der Waals surface area contributed by atoms with E-state index in [4.69, 9.17) is 5.10 Å². The Morgan fingerprint density at radius 3 is 2.37 bits per heavy atom. The van der Waals surface area contributed by atoms with Crippen molar-refractivity contribution in [3.8, 4) is 0 Å². The van der Waals surface area contributed by atoms with E-state index in [1.807, 2.05) is 36.4 Å². The van der Waals surface area contributed by atoms with Gasteiger partial charge < -0.3 is 4.90 Å². The second kappa shape index (κ2) is 12.4. The van der Waals surface area contributed by atoms with Crippen molar-refractivity contribution in [3.63, 3.8) is 0 Å². The molecule has 1 fully saturated rings. The molecule has 0 saturated carbocycles. The minimum Gasteiger partial charge on any atom is -0.303 e. The lowest BCUT2D eigenvalue weighted by Crippen LogP contribution is -2.37. The lowest BCUT2D eigenvalue weighted by atomic mass is 9.92. The number of sulfonamides is 1. The summed E-state index contributed by atoms with van der Waals surface area (Å²) in [6.07, 6.45) is 3.77. The van der Waals surface area contributed by atoms with E-state index in [9.17, 15) is 8.42 Å². The van der Waals surface area contributed by atoms with Crippen molar-refractivity contribution in [2.24, 2.45) is 0 Å². The van der Waals surface area contributed by atoms with E-state index < -0.39 is 10.0 Å². The third-order valence-electron chi connectivity index (χ3n) is 7.39. The molecular formula is C30H36N4O2S2. The van der Waals surface area contributed by atoms with Crippen molar-refractivity contribution in [1.29, 1.82) is 0 Å². The molecule has 0 spiro atoms. The largest absolute Gasteiger partial charge is 0.303 e. The van der Waals surface area contributed by atoms with E-state index in [2.05, 4.69) is 51.6 Å². The van der Waals surface area contributed by atoms with Gasteiger partial charge in [0, 0.05) is 30.6 Å². The SMILES string of the molecule is CCn1nc(Cc2ccccc2)cc1C1CCN(CC[C@H](NS(=O)(=O)c2cccs2)c2ccccc2)CC1. The monoisotopic (exact) mass is 548 g/mol. The molecular weight excluding hydrogens is 512 g/mol. The van der Waals surface area contributed by atoms with Gasteiger partial charge in [-0.1, -0.05) is 66.7 Å². The molecule has 200 valence electrons. The smallest absolute Gasteiger partial charge is 0.250 e. The highest BCUT2D eigenvalue weighted by Crippen LogP contribution is 2.30. The summed E-state index contributed by atoms with van der Waals surface area (Å²) in [5.41, 5.74) is 4.78. The second-order valence-electron chi connectivity index (χ2n) is 9.96. The number of likely N-dealkylation sites (tertiary alicyclic amines) is 1. The van der Waals surface area contributed by atoms with Gasteiger partial charge in [0.2, 0.25) is 0 Å². The number of thiophene rings is 1. The van der Waals surface area contributed by atoms with Crippen LogP contribution in [0.25, 0.3) is 0 Å². The van der Waals surface area contributed by atoms with Crippen LogP contribution < -0.4 is 4.72 Å².